The van der Waals surface area contributed by atoms with Gasteiger partial charge >= 0.3 is 0 Å². The summed E-state index contributed by atoms with van der Waals surface area (Å²) in [6.45, 7) is 3.39. The molecule has 112 valence electrons. The number of ether oxygens (including phenoxy) is 1. The lowest BCUT2D eigenvalue weighted by Gasteiger charge is -2.21. The van der Waals surface area contributed by atoms with Crippen LogP contribution in [0.2, 0.25) is 0 Å². The summed E-state index contributed by atoms with van der Waals surface area (Å²) in [5.74, 6) is 1.15. The molecule has 0 atom stereocenters. The van der Waals surface area contributed by atoms with Crippen LogP contribution in [0, 0.1) is 12.8 Å². The minimum absolute atomic E-state index is 0.0275. The smallest absolute Gasteiger partial charge is 0.225 e. The van der Waals surface area contributed by atoms with Gasteiger partial charge in [0.15, 0.2) is 5.65 Å². The lowest BCUT2D eigenvalue weighted by atomic mass is 9.96. The van der Waals surface area contributed by atoms with Crippen LogP contribution in [-0.4, -0.2) is 33.5 Å². The Hall–Kier alpha value is -1.47. The fourth-order valence-corrected chi connectivity index (χ4v) is 2.90. The summed E-state index contributed by atoms with van der Waals surface area (Å²) in [7, 11) is 0. The molecule has 0 unspecified atom stereocenters. The van der Waals surface area contributed by atoms with Gasteiger partial charge in [0, 0.05) is 25.8 Å². The van der Waals surface area contributed by atoms with E-state index in [9.17, 15) is 4.79 Å². The molecule has 3 rings (SSSR count). The fourth-order valence-electron chi connectivity index (χ4n) is 2.60. The van der Waals surface area contributed by atoms with E-state index in [0.29, 0.717) is 22.8 Å². The van der Waals surface area contributed by atoms with Crippen LogP contribution in [0.15, 0.2) is 17.0 Å². The van der Waals surface area contributed by atoms with Crippen LogP contribution in [0.3, 0.4) is 0 Å². The van der Waals surface area contributed by atoms with Gasteiger partial charge < -0.3 is 10.1 Å². The van der Waals surface area contributed by atoms with Crippen molar-refractivity contribution in [2.24, 2.45) is 5.92 Å². The third-order valence-corrected chi connectivity index (χ3v) is 4.13. The van der Waals surface area contributed by atoms with Crippen LogP contribution in [0.5, 0.6) is 0 Å². The van der Waals surface area contributed by atoms with Gasteiger partial charge in [-0.2, -0.15) is 0 Å². The molecule has 1 N–H and O–H groups in total. The monoisotopic (exact) mass is 352 g/mol. The maximum Gasteiger partial charge on any atom is 0.225 e. The van der Waals surface area contributed by atoms with Gasteiger partial charge in [0.1, 0.15) is 10.4 Å². The summed E-state index contributed by atoms with van der Waals surface area (Å²) in [4.78, 5) is 20.8. The molecule has 6 nitrogen and oxygen atoms in total. The first-order chi connectivity index (χ1) is 10.1. The van der Waals surface area contributed by atoms with E-state index < -0.39 is 0 Å². The van der Waals surface area contributed by atoms with Crippen LogP contribution in [0.25, 0.3) is 5.65 Å². The highest BCUT2D eigenvalue weighted by Gasteiger charge is 2.19. The van der Waals surface area contributed by atoms with E-state index in [1.54, 1.807) is 12.4 Å². The van der Waals surface area contributed by atoms with Crippen LogP contribution in [0.1, 0.15) is 25.0 Å². The predicted octanol–water partition coefficient (Wildman–Crippen LogP) is 2.56. The largest absolute Gasteiger partial charge is 0.381 e. The summed E-state index contributed by atoms with van der Waals surface area (Å²) in [5.41, 5.74) is 1.51. The standard InChI is InChI=1S/C14H17BrN4O2/c1-9-14(19-8-11(15)16-7-12(19)17-9)18-13(20)6-10-2-4-21-5-3-10/h7-8,10H,2-6H2,1H3,(H,18,20). The second-order valence-electron chi connectivity index (χ2n) is 5.29. The molecule has 0 bridgehead atoms. The number of hydrogen-bond acceptors (Lipinski definition) is 4. The van der Waals surface area contributed by atoms with Gasteiger partial charge in [0.05, 0.1) is 11.9 Å². The maximum absolute atomic E-state index is 12.2. The molecule has 3 heterocycles. The van der Waals surface area contributed by atoms with Crippen LogP contribution < -0.4 is 5.32 Å². The van der Waals surface area contributed by atoms with E-state index in [2.05, 4.69) is 31.2 Å². The molecule has 2 aromatic rings. The van der Waals surface area contributed by atoms with Crippen molar-refractivity contribution in [3.05, 3.63) is 22.7 Å². The minimum atomic E-state index is 0.0275. The number of hydrogen-bond donors (Lipinski definition) is 1. The van der Waals surface area contributed by atoms with E-state index in [0.717, 1.165) is 37.4 Å². The average molecular weight is 353 g/mol. The third-order valence-electron chi connectivity index (χ3n) is 3.72. The molecular formula is C14H17BrN4O2. The number of imidazole rings is 1. The Kier molecular flexibility index (Phi) is 4.21. The van der Waals surface area contributed by atoms with Crippen molar-refractivity contribution >= 4 is 33.3 Å². The van der Waals surface area contributed by atoms with Crippen LogP contribution in [0.4, 0.5) is 5.82 Å². The number of nitrogens with zero attached hydrogens (tertiary/aromatic N) is 3. The van der Waals surface area contributed by atoms with Crippen molar-refractivity contribution < 1.29 is 9.53 Å². The van der Waals surface area contributed by atoms with Gasteiger partial charge in [-0.05, 0) is 41.6 Å². The van der Waals surface area contributed by atoms with Gasteiger partial charge in [0.25, 0.3) is 0 Å². The number of carbonyl (C=O) groups excluding carboxylic acids is 1. The zero-order valence-electron chi connectivity index (χ0n) is 11.8. The molecule has 0 spiro atoms. The maximum atomic E-state index is 12.2. The second-order valence-corrected chi connectivity index (χ2v) is 6.10. The molecule has 0 aliphatic carbocycles. The summed E-state index contributed by atoms with van der Waals surface area (Å²) in [5, 5.41) is 2.98. The highest BCUT2D eigenvalue weighted by molar-refractivity contribution is 9.10. The van der Waals surface area contributed by atoms with Gasteiger partial charge in [-0.1, -0.05) is 0 Å². The molecule has 1 aliphatic heterocycles. The molecule has 0 radical (unpaired) electrons. The number of halogens is 1. The van der Waals surface area contributed by atoms with Crippen molar-refractivity contribution in [1.29, 1.82) is 0 Å². The van der Waals surface area contributed by atoms with Crippen molar-refractivity contribution in [1.82, 2.24) is 14.4 Å². The number of carbonyl (C=O) groups is 1. The number of aromatic nitrogens is 3. The number of fused-ring (bicyclic) bond motifs is 1. The van der Waals surface area contributed by atoms with Crippen molar-refractivity contribution in [2.45, 2.75) is 26.2 Å². The number of amides is 1. The minimum Gasteiger partial charge on any atom is -0.381 e. The molecule has 0 saturated carbocycles. The topological polar surface area (TPSA) is 68.5 Å². The van der Waals surface area contributed by atoms with E-state index >= 15 is 0 Å². The summed E-state index contributed by atoms with van der Waals surface area (Å²) < 4.78 is 7.86. The molecule has 1 amide bonds. The Morgan fingerprint density at radius 1 is 1.52 bits per heavy atom. The highest BCUT2D eigenvalue weighted by atomic mass is 79.9. The predicted molar refractivity (Wildman–Crippen MR) is 82.2 cm³/mol. The number of nitrogens with one attached hydrogen (secondary N) is 1. The van der Waals surface area contributed by atoms with E-state index in [1.165, 1.54) is 0 Å². The average Bonchev–Trinajstić information content (AvgIpc) is 2.76. The zero-order chi connectivity index (χ0) is 14.8. The molecule has 1 aliphatic rings. The Labute approximate surface area is 131 Å². The first-order valence-corrected chi connectivity index (χ1v) is 7.80. The number of anilines is 1. The highest BCUT2D eigenvalue weighted by Crippen LogP contribution is 2.22. The first kappa shape index (κ1) is 14.5. The zero-order valence-corrected chi connectivity index (χ0v) is 13.4. The quantitative estimate of drug-likeness (QED) is 0.921. The Balaban J connectivity index is 1.76. The second kappa shape index (κ2) is 6.11. The molecule has 2 aromatic heterocycles. The Morgan fingerprint density at radius 2 is 2.29 bits per heavy atom. The lowest BCUT2D eigenvalue weighted by Crippen LogP contribution is -2.22. The van der Waals surface area contributed by atoms with Crippen LogP contribution >= 0.6 is 15.9 Å². The normalized spacial score (nSPS) is 16.3. The summed E-state index contributed by atoms with van der Waals surface area (Å²) in [6.07, 6.45) is 5.91. The van der Waals surface area contributed by atoms with Gasteiger partial charge in [-0.3, -0.25) is 9.20 Å². The van der Waals surface area contributed by atoms with Gasteiger partial charge in [-0.15, -0.1) is 0 Å². The van der Waals surface area contributed by atoms with Gasteiger partial charge in [-0.25, -0.2) is 9.97 Å². The Bertz CT molecular complexity index is 664. The summed E-state index contributed by atoms with van der Waals surface area (Å²) >= 11 is 3.34. The molecule has 1 fully saturated rings. The van der Waals surface area contributed by atoms with E-state index in [1.807, 2.05) is 11.3 Å². The Morgan fingerprint density at radius 3 is 3.05 bits per heavy atom. The van der Waals surface area contributed by atoms with Crippen molar-refractivity contribution in [2.75, 3.05) is 18.5 Å². The summed E-state index contributed by atoms with van der Waals surface area (Å²) in [6, 6.07) is 0. The molecule has 1 saturated heterocycles. The first-order valence-electron chi connectivity index (χ1n) is 7.01. The lowest BCUT2D eigenvalue weighted by molar-refractivity contribution is -0.117. The molecule has 0 aromatic carbocycles. The van der Waals surface area contributed by atoms with E-state index in [-0.39, 0.29) is 5.91 Å². The van der Waals surface area contributed by atoms with Crippen LogP contribution in [-0.2, 0) is 9.53 Å². The van der Waals surface area contributed by atoms with Crippen molar-refractivity contribution in [3.63, 3.8) is 0 Å². The van der Waals surface area contributed by atoms with Crippen molar-refractivity contribution in [3.8, 4) is 0 Å². The molecule has 7 heteroatoms. The molecular weight excluding hydrogens is 336 g/mol. The van der Waals surface area contributed by atoms with Gasteiger partial charge in [0.2, 0.25) is 5.91 Å². The molecule has 21 heavy (non-hydrogen) atoms. The van der Waals surface area contributed by atoms with E-state index in [4.69, 9.17) is 4.74 Å². The third kappa shape index (κ3) is 3.24. The SMILES string of the molecule is Cc1nc2cnc(Br)cn2c1NC(=O)CC1CCOCC1. The number of aryl methyl sites for hydroxylation is 1. The fraction of sp³-hybridized carbons (Fsp3) is 0.500. The number of rotatable bonds is 3.